The Morgan fingerprint density at radius 1 is 1.19 bits per heavy atom. The normalized spacial score (nSPS) is 17.1. The summed E-state index contributed by atoms with van der Waals surface area (Å²) in [5, 5.41) is 0. The number of carbonyl (C=O) groups is 1. The number of carbonyl (C=O) groups excluding carboxylic acids is 1. The molecule has 1 fully saturated rings. The summed E-state index contributed by atoms with van der Waals surface area (Å²) >= 11 is 0. The molecule has 2 rings (SSSR count). The minimum atomic E-state index is -0.218. The number of benzene rings is 1. The van der Waals surface area contributed by atoms with Gasteiger partial charge in [0, 0.05) is 44.8 Å². The number of hydrogen-bond donors (Lipinski definition) is 2. The lowest BCUT2D eigenvalue weighted by atomic mass is 10.1. The number of amides is 1. The number of piperazine rings is 1. The highest BCUT2D eigenvalue weighted by Crippen LogP contribution is 2.14. The molecule has 0 bridgehead atoms. The van der Waals surface area contributed by atoms with Crippen LogP contribution >= 0.6 is 0 Å². The fourth-order valence-electron chi connectivity index (χ4n) is 2.84. The van der Waals surface area contributed by atoms with Crippen molar-refractivity contribution in [2.24, 2.45) is 11.8 Å². The Morgan fingerprint density at radius 2 is 1.81 bits per heavy atom. The smallest absolute Gasteiger partial charge is 0.265 e. The second-order valence-electron chi connectivity index (χ2n) is 6.10. The van der Waals surface area contributed by atoms with Gasteiger partial charge in [0.15, 0.2) is 0 Å². The first kappa shape index (κ1) is 15.9. The van der Waals surface area contributed by atoms with Crippen LogP contribution in [0.15, 0.2) is 24.3 Å². The summed E-state index contributed by atoms with van der Waals surface area (Å²) in [5.74, 6) is 5.75. The van der Waals surface area contributed by atoms with Crippen LogP contribution in [0.3, 0.4) is 0 Å². The molecule has 1 heterocycles. The van der Waals surface area contributed by atoms with Crippen LogP contribution in [0.5, 0.6) is 0 Å². The summed E-state index contributed by atoms with van der Waals surface area (Å²) in [5.41, 5.74) is 3.93. The lowest BCUT2D eigenvalue weighted by molar-refractivity contribution is 0.0947. The van der Waals surface area contributed by atoms with Crippen LogP contribution in [0, 0.1) is 5.92 Å². The first-order valence-corrected chi connectivity index (χ1v) is 7.63. The van der Waals surface area contributed by atoms with Crippen molar-refractivity contribution < 1.29 is 4.79 Å². The second kappa shape index (κ2) is 7.54. The van der Waals surface area contributed by atoms with E-state index in [0.29, 0.717) is 11.5 Å². The Hall–Kier alpha value is -1.43. The highest BCUT2D eigenvalue weighted by atomic mass is 16.2. The van der Waals surface area contributed by atoms with Crippen molar-refractivity contribution in [1.82, 2.24) is 15.2 Å². The maximum atomic E-state index is 11.8. The molecular weight excluding hydrogens is 264 g/mol. The first-order valence-electron chi connectivity index (χ1n) is 7.63. The molecule has 0 saturated carbocycles. The quantitative estimate of drug-likeness (QED) is 0.484. The molecule has 3 N–H and O–H groups in total. The van der Waals surface area contributed by atoms with Crippen LogP contribution < -0.4 is 11.3 Å². The molecule has 1 aromatic rings. The van der Waals surface area contributed by atoms with E-state index in [-0.39, 0.29) is 5.91 Å². The fourth-order valence-corrected chi connectivity index (χ4v) is 2.84. The Balaban J connectivity index is 1.93. The van der Waals surface area contributed by atoms with E-state index >= 15 is 0 Å². The van der Waals surface area contributed by atoms with Crippen LogP contribution in [0.4, 0.5) is 0 Å². The van der Waals surface area contributed by atoms with Crippen molar-refractivity contribution in [1.29, 1.82) is 0 Å². The first-order chi connectivity index (χ1) is 10.1. The molecule has 1 aliphatic heterocycles. The molecule has 1 aliphatic rings. The van der Waals surface area contributed by atoms with Crippen molar-refractivity contribution in [2.75, 3.05) is 32.7 Å². The maximum Gasteiger partial charge on any atom is 0.265 e. The van der Waals surface area contributed by atoms with Crippen molar-refractivity contribution in [2.45, 2.75) is 20.4 Å². The van der Waals surface area contributed by atoms with Gasteiger partial charge in [0.25, 0.3) is 5.91 Å². The van der Waals surface area contributed by atoms with E-state index < -0.39 is 0 Å². The van der Waals surface area contributed by atoms with Crippen molar-refractivity contribution in [3.63, 3.8) is 0 Å². The zero-order valence-corrected chi connectivity index (χ0v) is 13.0. The van der Waals surface area contributed by atoms with E-state index in [1.54, 1.807) is 0 Å². The van der Waals surface area contributed by atoms with Crippen LogP contribution in [0.2, 0.25) is 0 Å². The third-order valence-electron chi connectivity index (χ3n) is 3.88. The predicted octanol–water partition coefficient (Wildman–Crippen LogP) is 1.06. The minimum absolute atomic E-state index is 0.218. The summed E-state index contributed by atoms with van der Waals surface area (Å²) in [6.45, 7) is 10.8. The third-order valence-corrected chi connectivity index (χ3v) is 3.88. The molecule has 0 spiro atoms. The van der Waals surface area contributed by atoms with E-state index in [0.717, 1.165) is 38.3 Å². The van der Waals surface area contributed by atoms with Gasteiger partial charge in [-0.05, 0) is 17.5 Å². The van der Waals surface area contributed by atoms with Crippen LogP contribution in [-0.4, -0.2) is 48.4 Å². The van der Waals surface area contributed by atoms with Gasteiger partial charge >= 0.3 is 0 Å². The van der Waals surface area contributed by atoms with Crippen LogP contribution in [0.25, 0.3) is 0 Å². The lowest BCUT2D eigenvalue weighted by Gasteiger charge is -2.35. The summed E-state index contributed by atoms with van der Waals surface area (Å²) < 4.78 is 0. The molecule has 21 heavy (non-hydrogen) atoms. The molecule has 1 amide bonds. The Labute approximate surface area is 127 Å². The SMILES string of the molecule is CC(C)CN1CCN(Cc2ccccc2C(=O)NN)CC1. The monoisotopic (exact) mass is 290 g/mol. The number of nitrogens with two attached hydrogens (primary N) is 1. The standard InChI is InChI=1S/C16H26N4O/c1-13(2)11-19-7-9-20(10-8-19)12-14-5-3-4-6-15(14)16(21)18-17/h3-6,13H,7-12,17H2,1-2H3,(H,18,21). The molecule has 0 atom stereocenters. The maximum absolute atomic E-state index is 11.8. The van der Waals surface area contributed by atoms with Gasteiger partial charge < -0.3 is 4.90 Å². The zero-order chi connectivity index (χ0) is 15.2. The highest BCUT2D eigenvalue weighted by molar-refractivity contribution is 5.95. The minimum Gasteiger partial charge on any atom is -0.301 e. The van der Waals surface area contributed by atoms with Gasteiger partial charge in [-0.25, -0.2) is 5.84 Å². The van der Waals surface area contributed by atoms with E-state index in [9.17, 15) is 4.79 Å². The summed E-state index contributed by atoms with van der Waals surface area (Å²) in [4.78, 5) is 16.7. The third kappa shape index (κ3) is 4.52. The number of nitrogens with zero attached hydrogens (tertiary/aromatic N) is 2. The van der Waals surface area contributed by atoms with Gasteiger partial charge in [-0.1, -0.05) is 32.0 Å². The van der Waals surface area contributed by atoms with Gasteiger partial charge in [-0.2, -0.15) is 0 Å². The Bertz CT molecular complexity index is 467. The molecule has 0 aliphatic carbocycles. The van der Waals surface area contributed by atoms with Crippen molar-refractivity contribution in [3.05, 3.63) is 35.4 Å². The van der Waals surface area contributed by atoms with Crippen molar-refractivity contribution in [3.8, 4) is 0 Å². The van der Waals surface area contributed by atoms with Gasteiger partial charge in [0.05, 0.1) is 0 Å². The number of hydrogen-bond acceptors (Lipinski definition) is 4. The molecular formula is C16H26N4O. The molecule has 116 valence electrons. The van der Waals surface area contributed by atoms with Gasteiger partial charge in [0.2, 0.25) is 0 Å². The topological polar surface area (TPSA) is 61.6 Å². The largest absolute Gasteiger partial charge is 0.301 e. The molecule has 1 saturated heterocycles. The average molecular weight is 290 g/mol. The van der Waals surface area contributed by atoms with E-state index in [2.05, 4.69) is 29.1 Å². The zero-order valence-electron chi connectivity index (χ0n) is 13.0. The van der Waals surface area contributed by atoms with Gasteiger partial charge in [0.1, 0.15) is 0 Å². The lowest BCUT2D eigenvalue weighted by Crippen LogP contribution is -2.47. The summed E-state index contributed by atoms with van der Waals surface area (Å²) in [7, 11) is 0. The van der Waals surface area contributed by atoms with E-state index in [4.69, 9.17) is 5.84 Å². The second-order valence-corrected chi connectivity index (χ2v) is 6.10. The summed E-state index contributed by atoms with van der Waals surface area (Å²) in [6.07, 6.45) is 0. The molecule has 0 aromatic heterocycles. The predicted molar refractivity (Wildman–Crippen MR) is 84.7 cm³/mol. The fraction of sp³-hybridized carbons (Fsp3) is 0.562. The summed E-state index contributed by atoms with van der Waals surface area (Å²) in [6, 6.07) is 7.67. The molecule has 5 heteroatoms. The number of rotatable bonds is 5. The van der Waals surface area contributed by atoms with E-state index in [1.165, 1.54) is 6.54 Å². The molecule has 0 radical (unpaired) electrons. The average Bonchev–Trinajstić information content (AvgIpc) is 2.48. The van der Waals surface area contributed by atoms with Crippen LogP contribution in [0.1, 0.15) is 29.8 Å². The Morgan fingerprint density at radius 3 is 2.43 bits per heavy atom. The Kier molecular flexibility index (Phi) is 5.73. The molecule has 5 nitrogen and oxygen atoms in total. The molecule has 1 aromatic carbocycles. The number of hydrazine groups is 1. The number of nitrogen functional groups attached to an aromatic ring is 1. The highest BCUT2D eigenvalue weighted by Gasteiger charge is 2.19. The number of nitrogens with one attached hydrogen (secondary N) is 1. The van der Waals surface area contributed by atoms with Gasteiger partial charge in [-0.3, -0.25) is 15.1 Å². The van der Waals surface area contributed by atoms with Crippen LogP contribution in [-0.2, 0) is 6.54 Å². The van der Waals surface area contributed by atoms with E-state index in [1.807, 2.05) is 24.3 Å². The molecule has 0 unspecified atom stereocenters. The van der Waals surface area contributed by atoms with Gasteiger partial charge in [-0.15, -0.1) is 0 Å². The van der Waals surface area contributed by atoms with Crippen molar-refractivity contribution >= 4 is 5.91 Å².